The average Bonchev–Trinajstić information content (AvgIpc) is 2.99. The number of carbonyl (C=O) groups excluding carboxylic acids is 1. The number of nitrogens with zero attached hydrogens (tertiary/aromatic N) is 1. The zero-order valence-electron chi connectivity index (χ0n) is 15.5. The number of nitrogens with one attached hydrogen (secondary N) is 1. The van der Waals surface area contributed by atoms with Gasteiger partial charge in [0.25, 0.3) is 0 Å². The van der Waals surface area contributed by atoms with Crippen molar-refractivity contribution in [2.45, 2.75) is 5.92 Å². The van der Waals surface area contributed by atoms with E-state index in [9.17, 15) is 13.8 Å². The lowest BCUT2D eigenvalue weighted by Gasteiger charge is -2.17. The van der Waals surface area contributed by atoms with E-state index in [1.54, 1.807) is 0 Å². The molecule has 1 amide bonds. The number of alkyl carbamates (subject to hydrolysis) is 1. The molecule has 0 radical (unpaired) electrons. The molecule has 1 aliphatic rings. The molecule has 0 spiro atoms. The molecule has 3 rings (SSSR count). The van der Waals surface area contributed by atoms with Gasteiger partial charge in [-0.3, -0.25) is 4.79 Å². The van der Waals surface area contributed by atoms with E-state index >= 15 is 0 Å². The highest BCUT2D eigenvalue weighted by molar-refractivity contribution is 7.81. The second-order valence-corrected chi connectivity index (χ2v) is 7.80. The van der Waals surface area contributed by atoms with Crippen LogP contribution in [0, 0.1) is 0 Å². The summed E-state index contributed by atoms with van der Waals surface area (Å²) < 4.78 is 18.2. The SMILES string of the molecule is CS(=O)N(CCNC(=O)OCC1c2ccccc2-c2ccccc21)CC(=O)O. The molecular weight excluding hydrogens is 380 g/mol. The monoisotopic (exact) mass is 402 g/mol. The van der Waals surface area contributed by atoms with E-state index in [4.69, 9.17) is 9.84 Å². The summed E-state index contributed by atoms with van der Waals surface area (Å²) in [5, 5.41) is 11.4. The van der Waals surface area contributed by atoms with Gasteiger partial charge < -0.3 is 15.2 Å². The van der Waals surface area contributed by atoms with Gasteiger partial charge in [-0.15, -0.1) is 0 Å². The summed E-state index contributed by atoms with van der Waals surface area (Å²) in [6, 6.07) is 16.1. The number of amides is 1. The smallest absolute Gasteiger partial charge is 0.407 e. The second kappa shape index (κ2) is 8.99. The van der Waals surface area contributed by atoms with Gasteiger partial charge in [-0.25, -0.2) is 13.3 Å². The predicted octanol–water partition coefficient (Wildman–Crippen LogP) is 2.21. The zero-order chi connectivity index (χ0) is 20.1. The molecule has 8 heteroatoms. The Morgan fingerprint density at radius 2 is 1.68 bits per heavy atom. The largest absolute Gasteiger partial charge is 0.480 e. The van der Waals surface area contributed by atoms with Crippen LogP contribution in [0.3, 0.4) is 0 Å². The topological polar surface area (TPSA) is 95.9 Å². The van der Waals surface area contributed by atoms with E-state index < -0.39 is 23.0 Å². The van der Waals surface area contributed by atoms with Crippen LogP contribution in [0.2, 0.25) is 0 Å². The first kappa shape index (κ1) is 20.0. The number of ether oxygens (including phenoxy) is 1. The van der Waals surface area contributed by atoms with E-state index in [-0.39, 0.29) is 32.2 Å². The molecule has 0 aromatic heterocycles. The number of hydrogen-bond acceptors (Lipinski definition) is 4. The van der Waals surface area contributed by atoms with Crippen molar-refractivity contribution >= 4 is 23.0 Å². The first-order chi connectivity index (χ1) is 13.5. The fourth-order valence-corrected chi connectivity index (χ4v) is 4.02. The Kier molecular flexibility index (Phi) is 6.43. The number of fused-ring (bicyclic) bond motifs is 3. The Labute approximate surface area is 165 Å². The van der Waals surface area contributed by atoms with Crippen molar-refractivity contribution in [3.8, 4) is 11.1 Å². The summed E-state index contributed by atoms with van der Waals surface area (Å²) in [6.07, 6.45) is 0.815. The minimum absolute atomic E-state index is 0.0233. The second-order valence-electron chi connectivity index (χ2n) is 6.43. The molecule has 2 N–H and O–H groups in total. The molecule has 0 saturated heterocycles. The fourth-order valence-electron chi connectivity index (χ4n) is 3.38. The summed E-state index contributed by atoms with van der Waals surface area (Å²) in [6.45, 7) is 0.150. The maximum absolute atomic E-state index is 12.1. The van der Waals surface area contributed by atoms with Crippen LogP contribution in [-0.2, 0) is 20.5 Å². The van der Waals surface area contributed by atoms with E-state index in [0.29, 0.717) is 0 Å². The lowest BCUT2D eigenvalue weighted by Crippen LogP contribution is -2.38. The zero-order valence-corrected chi connectivity index (χ0v) is 16.3. The summed E-state index contributed by atoms with van der Waals surface area (Å²) in [5.41, 5.74) is 4.57. The highest BCUT2D eigenvalue weighted by Gasteiger charge is 2.28. The third kappa shape index (κ3) is 4.58. The van der Waals surface area contributed by atoms with Gasteiger partial charge in [-0.2, -0.15) is 0 Å². The molecule has 0 fully saturated rings. The molecule has 7 nitrogen and oxygen atoms in total. The van der Waals surface area contributed by atoms with Crippen LogP contribution in [0.15, 0.2) is 48.5 Å². The summed E-state index contributed by atoms with van der Waals surface area (Å²) in [5.74, 6) is -1.10. The summed E-state index contributed by atoms with van der Waals surface area (Å²) >= 11 is 0. The summed E-state index contributed by atoms with van der Waals surface area (Å²) in [4.78, 5) is 22.8. The van der Waals surface area contributed by atoms with Crippen molar-refractivity contribution in [2.24, 2.45) is 0 Å². The molecule has 2 aromatic carbocycles. The third-order valence-electron chi connectivity index (χ3n) is 4.65. The van der Waals surface area contributed by atoms with Gasteiger partial charge in [0.05, 0.1) is 11.0 Å². The lowest BCUT2D eigenvalue weighted by atomic mass is 9.98. The van der Waals surface area contributed by atoms with E-state index in [2.05, 4.69) is 17.4 Å². The molecule has 28 heavy (non-hydrogen) atoms. The lowest BCUT2D eigenvalue weighted by molar-refractivity contribution is -0.137. The minimum Gasteiger partial charge on any atom is -0.480 e. The minimum atomic E-state index is -1.43. The predicted molar refractivity (Wildman–Crippen MR) is 106 cm³/mol. The van der Waals surface area contributed by atoms with Crippen molar-refractivity contribution in [3.63, 3.8) is 0 Å². The molecule has 0 saturated carbocycles. The van der Waals surface area contributed by atoms with E-state index in [1.807, 2.05) is 36.4 Å². The Morgan fingerprint density at radius 1 is 1.11 bits per heavy atom. The molecule has 1 atom stereocenters. The highest BCUT2D eigenvalue weighted by Crippen LogP contribution is 2.44. The Hall–Kier alpha value is -2.71. The average molecular weight is 402 g/mol. The maximum atomic E-state index is 12.1. The van der Waals surface area contributed by atoms with Gasteiger partial charge in [-0.05, 0) is 22.3 Å². The van der Waals surface area contributed by atoms with Crippen LogP contribution in [0.4, 0.5) is 4.79 Å². The van der Waals surface area contributed by atoms with Crippen LogP contribution in [0.1, 0.15) is 17.0 Å². The van der Waals surface area contributed by atoms with Gasteiger partial charge in [0.15, 0.2) is 0 Å². The third-order valence-corrected chi connectivity index (χ3v) is 5.69. The normalized spacial score (nSPS) is 13.6. The molecular formula is C20H22N2O5S. The van der Waals surface area contributed by atoms with Crippen LogP contribution in [0.25, 0.3) is 11.1 Å². The Balaban J connectivity index is 1.55. The van der Waals surface area contributed by atoms with Gasteiger partial charge in [0.1, 0.15) is 13.2 Å². The van der Waals surface area contributed by atoms with E-state index in [1.165, 1.54) is 10.6 Å². The van der Waals surface area contributed by atoms with Crippen LogP contribution in [-0.4, -0.2) is 58.2 Å². The Morgan fingerprint density at radius 3 is 2.21 bits per heavy atom. The van der Waals surface area contributed by atoms with Crippen molar-refractivity contribution in [1.29, 1.82) is 0 Å². The Bertz CT molecular complexity index is 856. The first-order valence-electron chi connectivity index (χ1n) is 8.86. The molecule has 1 unspecified atom stereocenters. The fraction of sp³-hybridized carbons (Fsp3) is 0.300. The molecule has 0 aliphatic heterocycles. The van der Waals surface area contributed by atoms with Gasteiger partial charge in [0, 0.05) is 25.3 Å². The molecule has 0 bridgehead atoms. The molecule has 0 heterocycles. The summed E-state index contributed by atoms with van der Waals surface area (Å²) in [7, 11) is -1.43. The number of aliphatic carboxylic acids is 1. The number of benzene rings is 2. The van der Waals surface area contributed by atoms with Gasteiger partial charge in [0.2, 0.25) is 0 Å². The number of rotatable bonds is 8. The first-order valence-corrected chi connectivity index (χ1v) is 10.4. The van der Waals surface area contributed by atoms with Gasteiger partial charge in [-0.1, -0.05) is 48.5 Å². The van der Waals surface area contributed by atoms with Crippen LogP contribution < -0.4 is 5.32 Å². The standard InChI is InChI=1S/C20H22N2O5S/c1-28(26)22(12-19(23)24)11-10-21-20(25)27-13-18-16-8-4-2-6-14(16)15-7-3-5-9-17(15)18/h2-9,18H,10-13H2,1H3,(H,21,25)(H,23,24). The van der Waals surface area contributed by atoms with Gasteiger partial charge >= 0.3 is 12.1 Å². The molecule has 148 valence electrons. The number of carbonyl (C=O) groups is 2. The van der Waals surface area contributed by atoms with Crippen LogP contribution >= 0.6 is 0 Å². The number of hydrogen-bond donors (Lipinski definition) is 2. The van der Waals surface area contributed by atoms with E-state index in [0.717, 1.165) is 22.3 Å². The van der Waals surface area contributed by atoms with Crippen LogP contribution in [0.5, 0.6) is 0 Å². The number of carboxylic acids is 1. The molecule has 2 aromatic rings. The quantitative estimate of drug-likeness (QED) is 0.706. The maximum Gasteiger partial charge on any atom is 0.407 e. The van der Waals surface area contributed by atoms with Crippen molar-refractivity contribution in [2.75, 3.05) is 32.5 Å². The van der Waals surface area contributed by atoms with Crippen molar-refractivity contribution in [1.82, 2.24) is 9.62 Å². The van der Waals surface area contributed by atoms with Crippen molar-refractivity contribution < 1.29 is 23.6 Å². The number of carboxylic acid groups (broad SMARTS) is 1. The molecule has 1 aliphatic carbocycles. The van der Waals surface area contributed by atoms with Crippen molar-refractivity contribution in [3.05, 3.63) is 59.7 Å². The highest BCUT2D eigenvalue weighted by atomic mass is 32.2.